The van der Waals surface area contributed by atoms with Gasteiger partial charge in [-0.05, 0) is 39.2 Å². The van der Waals surface area contributed by atoms with Crippen molar-refractivity contribution < 1.29 is 9.66 Å². The number of benzene rings is 1. The van der Waals surface area contributed by atoms with E-state index in [0.717, 1.165) is 18.0 Å². The van der Waals surface area contributed by atoms with Crippen LogP contribution >= 0.6 is 0 Å². The third-order valence-corrected chi connectivity index (χ3v) is 3.32. The zero-order valence-electron chi connectivity index (χ0n) is 12.3. The van der Waals surface area contributed by atoms with Gasteiger partial charge >= 0.3 is 5.69 Å². The standard InChI is InChI=1S/C15H22N2O3/c1-10(2)20-15-9-13(6-7-14(15)17(18)19)16-11(3)8-12-4-5-12/h6-7,9-12,16H,4-5,8H2,1-3H3. The zero-order chi connectivity index (χ0) is 14.7. The number of nitrogens with zero attached hydrogens (tertiary/aromatic N) is 1. The highest BCUT2D eigenvalue weighted by atomic mass is 16.6. The Kier molecular flexibility index (Phi) is 4.47. The Morgan fingerprint density at radius 2 is 2.10 bits per heavy atom. The SMILES string of the molecule is CC(CC1CC1)Nc1ccc([N+](=O)[O-])c(OC(C)C)c1. The molecule has 110 valence electrons. The number of nitro groups is 1. The molecule has 1 aliphatic rings. The Morgan fingerprint density at radius 1 is 1.40 bits per heavy atom. The number of ether oxygens (including phenoxy) is 1. The molecule has 1 aromatic rings. The third-order valence-electron chi connectivity index (χ3n) is 3.32. The summed E-state index contributed by atoms with van der Waals surface area (Å²) in [5.41, 5.74) is 0.887. The van der Waals surface area contributed by atoms with Crippen molar-refractivity contribution in [2.24, 2.45) is 5.92 Å². The van der Waals surface area contributed by atoms with Gasteiger partial charge in [-0.15, -0.1) is 0 Å². The average Bonchev–Trinajstić information content (AvgIpc) is 3.11. The molecule has 0 radical (unpaired) electrons. The van der Waals surface area contributed by atoms with E-state index in [1.54, 1.807) is 12.1 Å². The molecule has 0 heterocycles. The molecule has 0 bridgehead atoms. The van der Waals surface area contributed by atoms with Gasteiger partial charge in [0, 0.05) is 23.9 Å². The van der Waals surface area contributed by atoms with Crippen LogP contribution < -0.4 is 10.1 Å². The Labute approximate surface area is 119 Å². The minimum atomic E-state index is -0.408. The van der Waals surface area contributed by atoms with Crippen molar-refractivity contribution in [3.63, 3.8) is 0 Å². The predicted octanol–water partition coefficient (Wildman–Crippen LogP) is 3.98. The summed E-state index contributed by atoms with van der Waals surface area (Å²) in [6.07, 6.45) is 3.71. The fraction of sp³-hybridized carbons (Fsp3) is 0.600. The molecule has 0 aromatic heterocycles. The number of nitro benzene ring substituents is 1. The first-order valence-electron chi connectivity index (χ1n) is 7.17. The van der Waals surface area contributed by atoms with Crippen molar-refractivity contribution in [1.82, 2.24) is 0 Å². The van der Waals surface area contributed by atoms with Crippen molar-refractivity contribution in [1.29, 1.82) is 0 Å². The first-order valence-corrected chi connectivity index (χ1v) is 7.17. The first-order chi connectivity index (χ1) is 9.45. The molecule has 2 rings (SSSR count). The molecule has 0 spiro atoms. The van der Waals surface area contributed by atoms with Crippen LogP contribution in [0.3, 0.4) is 0 Å². The maximum atomic E-state index is 11.0. The van der Waals surface area contributed by atoms with Crippen LogP contribution in [0.2, 0.25) is 0 Å². The van der Waals surface area contributed by atoms with Gasteiger partial charge < -0.3 is 10.1 Å². The molecule has 5 heteroatoms. The van der Waals surface area contributed by atoms with Gasteiger partial charge in [-0.3, -0.25) is 10.1 Å². The van der Waals surface area contributed by atoms with E-state index < -0.39 is 4.92 Å². The highest BCUT2D eigenvalue weighted by Crippen LogP contribution is 2.35. The fourth-order valence-electron chi connectivity index (χ4n) is 2.30. The normalized spacial score (nSPS) is 16.0. The number of hydrogen-bond acceptors (Lipinski definition) is 4. The molecule has 5 nitrogen and oxygen atoms in total. The summed E-state index contributed by atoms with van der Waals surface area (Å²) in [6.45, 7) is 5.86. The van der Waals surface area contributed by atoms with Gasteiger partial charge in [0.25, 0.3) is 0 Å². The molecule has 1 atom stereocenters. The molecular weight excluding hydrogens is 256 g/mol. The maximum absolute atomic E-state index is 11.0. The highest BCUT2D eigenvalue weighted by molar-refractivity contribution is 5.58. The minimum absolute atomic E-state index is 0.0131. The van der Waals surface area contributed by atoms with Crippen LogP contribution in [-0.4, -0.2) is 17.1 Å². The maximum Gasteiger partial charge on any atom is 0.311 e. The van der Waals surface area contributed by atoms with E-state index in [4.69, 9.17) is 4.74 Å². The molecule has 0 aliphatic heterocycles. The quantitative estimate of drug-likeness (QED) is 0.605. The highest BCUT2D eigenvalue weighted by Gasteiger charge is 2.24. The van der Waals surface area contributed by atoms with Crippen LogP contribution in [0.4, 0.5) is 11.4 Å². The van der Waals surface area contributed by atoms with E-state index >= 15 is 0 Å². The summed E-state index contributed by atoms with van der Waals surface area (Å²) in [6, 6.07) is 5.34. The molecule has 1 N–H and O–H groups in total. The topological polar surface area (TPSA) is 64.4 Å². The van der Waals surface area contributed by atoms with Gasteiger partial charge in [0.05, 0.1) is 11.0 Å². The summed E-state index contributed by atoms with van der Waals surface area (Å²) in [5, 5.41) is 14.4. The van der Waals surface area contributed by atoms with Gasteiger partial charge in [0.1, 0.15) is 0 Å². The van der Waals surface area contributed by atoms with Crippen molar-refractivity contribution in [2.45, 2.75) is 52.2 Å². The van der Waals surface area contributed by atoms with E-state index in [1.807, 2.05) is 13.8 Å². The molecule has 1 aromatic carbocycles. The largest absolute Gasteiger partial charge is 0.484 e. The van der Waals surface area contributed by atoms with E-state index in [1.165, 1.54) is 18.9 Å². The lowest BCUT2D eigenvalue weighted by molar-refractivity contribution is -0.386. The smallest absolute Gasteiger partial charge is 0.311 e. The van der Waals surface area contributed by atoms with Crippen LogP contribution in [0, 0.1) is 16.0 Å². The second-order valence-electron chi connectivity index (χ2n) is 5.83. The molecule has 1 saturated carbocycles. The molecule has 0 amide bonds. The molecular formula is C15H22N2O3. The third kappa shape index (κ3) is 4.11. The number of hydrogen-bond donors (Lipinski definition) is 1. The second-order valence-corrected chi connectivity index (χ2v) is 5.83. The number of anilines is 1. The minimum Gasteiger partial charge on any atom is -0.484 e. The van der Waals surface area contributed by atoms with E-state index in [9.17, 15) is 10.1 Å². The molecule has 1 unspecified atom stereocenters. The van der Waals surface area contributed by atoms with E-state index in [2.05, 4.69) is 12.2 Å². The van der Waals surface area contributed by atoms with Crippen LogP contribution in [0.15, 0.2) is 18.2 Å². The predicted molar refractivity (Wildman–Crippen MR) is 79.3 cm³/mol. The summed E-state index contributed by atoms with van der Waals surface area (Å²) < 4.78 is 5.54. The second kappa shape index (κ2) is 6.11. The van der Waals surface area contributed by atoms with Gasteiger partial charge in [0.15, 0.2) is 5.75 Å². The first kappa shape index (κ1) is 14.6. The Hall–Kier alpha value is -1.78. The van der Waals surface area contributed by atoms with Crippen molar-refractivity contribution >= 4 is 11.4 Å². The van der Waals surface area contributed by atoms with Crippen LogP contribution in [-0.2, 0) is 0 Å². The number of rotatable bonds is 7. The molecule has 1 fully saturated rings. The van der Waals surface area contributed by atoms with E-state index in [0.29, 0.717) is 11.8 Å². The average molecular weight is 278 g/mol. The van der Waals surface area contributed by atoms with Gasteiger partial charge in [0.2, 0.25) is 0 Å². The zero-order valence-corrected chi connectivity index (χ0v) is 12.3. The lowest BCUT2D eigenvalue weighted by Gasteiger charge is -2.16. The summed E-state index contributed by atoms with van der Waals surface area (Å²) in [4.78, 5) is 10.6. The Balaban J connectivity index is 2.10. The molecule has 1 aliphatic carbocycles. The van der Waals surface area contributed by atoms with E-state index in [-0.39, 0.29) is 11.8 Å². The van der Waals surface area contributed by atoms with Crippen molar-refractivity contribution in [3.05, 3.63) is 28.3 Å². The molecule has 20 heavy (non-hydrogen) atoms. The van der Waals surface area contributed by atoms with Gasteiger partial charge in [-0.25, -0.2) is 0 Å². The van der Waals surface area contributed by atoms with Gasteiger partial charge in [-0.2, -0.15) is 0 Å². The number of nitrogens with one attached hydrogen (secondary N) is 1. The lowest BCUT2D eigenvalue weighted by Crippen LogP contribution is -2.16. The van der Waals surface area contributed by atoms with Crippen molar-refractivity contribution in [2.75, 3.05) is 5.32 Å². The Morgan fingerprint density at radius 3 is 2.65 bits per heavy atom. The summed E-state index contributed by atoms with van der Waals surface area (Å²) in [5.74, 6) is 1.18. The lowest BCUT2D eigenvalue weighted by atomic mass is 10.1. The summed E-state index contributed by atoms with van der Waals surface area (Å²) >= 11 is 0. The van der Waals surface area contributed by atoms with Crippen LogP contribution in [0.5, 0.6) is 5.75 Å². The van der Waals surface area contributed by atoms with Crippen LogP contribution in [0.25, 0.3) is 0 Å². The summed E-state index contributed by atoms with van der Waals surface area (Å²) in [7, 11) is 0. The van der Waals surface area contributed by atoms with Crippen LogP contribution in [0.1, 0.15) is 40.0 Å². The molecule has 0 saturated heterocycles. The fourth-order valence-corrected chi connectivity index (χ4v) is 2.30. The van der Waals surface area contributed by atoms with Gasteiger partial charge in [-0.1, -0.05) is 12.8 Å². The Bertz CT molecular complexity index is 484. The van der Waals surface area contributed by atoms with Crippen molar-refractivity contribution in [3.8, 4) is 5.75 Å². The monoisotopic (exact) mass is 278 g/mol.